The Morgan fingerprint density at radius 3 is 2.09 bits per heavy atom. The van der Waals surface area contributed by atoms with Gasteiger partial charge in [-0.3, -0.25) is 14.3 Å². The fourth-order valence-electron chi connectivity index (χ4n) is 5.39. The van der Waals surface area contributed by atoms with Crippen LogP contribution in [0.3, 0.4) is 0 Å². The van der Waals surface area contributed by atoms with Crippen LogP contribution >= 0.6 is 0 Å². The van der Waals surface area contributed by atoms with Gasteiger partial charge in [0.25, 0.3) is 5.56 Å². The number of hydrogen-bond acceptors (Lipinski definition) is 6. The van der Waals surface area contributed by atoms with Crippen LogP contribution in [0, 0.1) is 0 Å². The molecule has 0 aliphatic carbocycles. The molecular weight excluding hydrogens is 577 g/mol. The first-order valence-electron chi connectivity index (χ1n) is 15.4. The Bertz CT molecular complexity index is 1390. The minimum atomic E-state index is -2.44. The van der Waals surface area contributed by atoms with Crippen molar-refractivity contribution in [3.05, 3.63) is 68.0 Å². The van der Waals surface area contributed by atoms with Gasteiger partial charge in [-0.2, -0.15) is 0 Å². The molecule has 0 spiro atoms. The van der Waals surface area contributed by atoms with Gasteiger partial charge >= 0.3 is 5.69 Å². The first-order valence-corrected chi connectivity index (χ1v) is 21.4. The van der Waals surface area contributed by atoms with Crippen LogP contribution in [0.1, 0.15) is 91.7 Å². The van der Waals surface area contributed by atoms with Crippen LogP contribution in [0.15, 0.2) is 40.1 Å². The van der Waals surface area contributed by atoms with Gasteiger partial charge < -0.3 is 19.0 Å². The number of aliphatic hydroxyl groups is 1. The third-order valence-electron chi connectivity index (χ3n) is 10.4. The number of H-pyrrole nitrogens is 1. The molecule has 3 rings (SSSR count). The predicted octanol–water partition coefficient (Wildman–Crippen LogP) is 6.64. The van der Waals surface area contributed by atoms with E-state index in [2.05, 4.69) is 99.6 Å². The van der Waals surface area contributed by atoms with Gasteiger partial charge in [-0.15, -0.1) is 0 Å². The molecule has 0 radical (unpaired) electrons. The Kier molecular flexibility index (Phi) is 10.1. The van der Waals surface area contributed by atoms with Crippen molar-refractivity contribution >= 4 is 16.4 Å². The molecule has 0 unspecified atom stereocenters. The van der Waals surface area contributed by atoms with Crippen LogP contribution in [0.25, 0.3) is 0 Å². The minimum Gasteiger partial charge on any atom is -0.414 e. The fourth-order valence-corrected chi connectivity index (χ4v) is 9.33. The molecule has 2 heterocycles. The van der Waals surface area contributed by atoms with Gasteiger partial charge in [0.1, 0.15) is 12.3 Å². The lowest BCUT2D eigenvalue weighted by molar-refractivity contribution is -0.0571. The smallest absolute Gasteiger partial charge is 0.330 e. The van der Waals surface area contributed by atoms with Crippen molar-refractivity contribution < 1.29 is 19.0 Å². The Morgan fingerprint density at radius 2 is 1.53 bits per heavy atom. The highest BCUT2D eigenvalue weighted by Gasteiger charge is 2.62. The molecule has 1 aromatic carbocycles. The Labute approximate surface area is 260 Å². The topological polar surface area (TPSA) is 103 Å². The molecule has 2 N–H and O–H groups in total. The molecule has 2 aromatic rings. The molecule has 1 fully saturated rings. The largest absolute Gasteiger partial charge is 0.414 e. The van der Waals surface area contributed by atoms with Crippen molar-refractivity contribution in [1.82, 2.24) is 9.55 Å². The van der Waals surface area contributed by atoms with Crippen LogP contribution in [0.5, 0.6) is 0 Å². The molecule has 1 aliphatic rings. The van der Waals surface area contributed by atoms with Gasteiger partial charge in [-0.25, -0.2) is 4.79 Å². The first-order chi connectivity index (χ1) is 19.4. The summed E-state index contributed by atoms with van der Waals surface area (Å²) in [6.45, 7) is 28.9. The van der Waals surface area contributed by atoms with Crippen LogP contribution in [0.2, 0.25) is 36.3 Å². The molecule has 0 amide bonds. The average molecular weight is 633 g/mol. The second-order valence-electron chi connectivity index (χ2n) is 16.4. The van der Waals surface area contributed by atoms with Gasteiger partial charge in [0, 0.05) is 12.6 Å². The summed E-state index contributed by atoms with van der Waals surface area (Å²) in [5, 5.41) is 11.2. The summed E-state index contributed by atoms with van der Waals surface area (Å²) in [6.07, 6.45) is 0.405. The fraction of sp³-hybridized carbons (Fsp3) is 0.697. The zero-order chi connectivity index (χ0) is 32.8. The number of rotatable bonds is 9. The third kappa shape index (κ3) is 7.36. The normalized spacial score (nSPS) is 22.3. The summed E-state index contributed by atoms with van der Waals surface area (Å²) in [7, 11) is -4.58. The van der Waals surface area contributed by atoms with Gasteiger partial charge in [0.05, 0.1) is 38.7 Å². The van der Waals surface area contributed by atoms with E-state index in [0.29, 0.717) is 12.2 Å². The quantitative estimate of drug-likeness (QED) is 0.301. The summed E-state index contributed by atoms with van der Waals surface area (Å²) >= 11 is 0. The van der Waals surface area contributed by atoms with E-state index in [4.69, 9.17) is 13.9 Å². The highest BCUT2D eigenvalue weighted by molar-refractivity contribution is 6.83. The lowest BCUT2D eigenvalue weighted by Crippen LogP contribution is -2.65. The van der Waals surface area contributed by atoms with Crippen LogP contribution in [0.4, 0.5) is 0 Å². The van der Waals surface area contributed by atoms with E-state index in [1.165, 1.54) is 16.3 Å². The molecule has 0 bridgehead atoms. The van der Waals surface area contributed by atoms with E-state index >= 15 is 0 Å². The minimum absolute atomic E-state index is 0.00174. The Hall–Kier alpha value is -1.83. The molecule has 10 heteroatoms. The molecule has 3 atom stereocenters. The number of ether oxygens (including phenoxy) is 2. The first kappa shape index (κ1) is 35.7. The predicted molar refractivity (Wildman–Crippen MR) is 179 cm³/mol. The Balaban J connectivity index is 1.92. The number of nitrogens with zero attached hydrogens (tertiary/aromatic N) is 1. The van der Waals surface area contributed by atoms with E-state index in [1.807, 2.05) is 18.2 Å². The lowest BCUT2D eigenvalue weighted by atomic mass is 9.84. The second-order valence-corrected chi connectivity index (χ2v) is 26.8. The highest BCUT2D eigenvalue weighted by Crippen LogP contribution is 2.51. The average Bonchev–Trinajstić information content (AvgIpc) is 3.20. The summed E-state index contributed by atoms with van der Waals surface area (Å²) in [5.41, 5.74) is 1.47. The zero-order valence-corrected chi connectivity index (χ0v) is 30.8. The number of benzene rings is 1. The summed E-state index contributed by atoms with van der Waals surface area (Å²) in [6, 6.07) is 8.12. The van der Waals surface area contributed by atoms with Gasteiger partial charge in [-0.05, 0) is 39.7 Å². The van der Waals surface area contributed by atoms with Crippen molar-refractivity contribution in [3.63, 3.8) is 0 Å². The van der Waals surface area contributed by atoms with Gasteiger partial charge in [-0.1, -0.05) is 99.7 Å². The molecule has 242 valence electrons. The lowest BCUT2D eigenvalue weighted by Gasteiger charge is -2.49. The monoisotopic (exact) mass is 632 g/mol. The van der Waals surface area contributed by atoms with Crippen molar-refractivity contribution in [3.8, 4) is 0 Å². The van der Waals surface area contributed by atoms with Gasteiger partial charge in [0.15, 0.2) is 8.32 Å². The van der Waals surface area contributed by atoms with E-state index in [-0.39, 0.29) is 35.1 Å². The molecule has 1 aliphatic heterocycles. The number of aromatic nitrogens is 2. The second kappa shape index (κ2) is 12.2. The van der Waals surface area contributed by atoms with E-state index in [1.54, 1.807) is 0 Å². The van der Waals surface area contributed by atoms with Crippen LogP contribution in [-0.2, 0) is 32.5 Å². The van der Waals surface area contributed by atoms with Crippen LogP contribution < -0.4 is 11.2 Å². The summed E-state index contributed by atoms with van der Waals surface area (Å²) in [5.74, 6) is 0. The van der Waals surface area contributed by atoms with E-state index in [9.17, 15) is 14.7 Å². The Morgan fingerprint density at radius 1 is 0.953 bits per heavy atom. The van der Waals surface area contributed by atoms with Gasteiger partial charge in [0.2, 0.25) is 0 Å². The van der Waals surface area contributed by atoms with E-state index < -0.39 is 45.2 Å². The van der Waals surface area contributed by atoms with Crippen molar-refractivity contribution in [2.45, 2.75) is 141 Å². The van der Waals surface area contributed by atoms with Crippen molar-refractivity contribution in [2.75, 3.05) is 6.61 Å². The van der Waals surface area contributed by atoms with Crippen LogP contribution in [-0.4, -0.2) is 49.0 Å². The van der Waals surface area contributed by atoms with Crippen molar-refractivity contribution in [1.29, 1.82) is 0 Å². The summed E-state index contributed by atoms with van der Waals surface area (Å²) < 4.78 is 20.5. The zero-order valence-electron chi connectivity index (χ0n) is 28.8. The third-order valence-corrected chi connectivity index (χ3v) is 21.3. The molecule has 1 aromatic heterocycles. The maximum atomic E-state index is 13.1. The molecular formula is C33H56N2O6Si2. The number of hydrogen-bond donors (Lipinski definition) is 2. The molecule has 0 saturated carbocycles. The SMILES string of the molecule is CC(C)(C)c1ccccc1COCc1cn([C@H]2C[C@@](O)([Si](C)(C)C(C)(C)C)[C@@H](CO[Si](C)(C)C(C)(C)C)O2)c(=O)[nH]c1=O. The van der Waals surface area contributed by atoms with Crippen molar-refractivity contribution in [2.24, 2.45) is 0 Å². The highest BCUT2D eigenvalue weighted by atomic mass is 28.4. The van der Waals surface area contributed by atoms with E-state index in [0.717, 1.165) is 5.56 Å². The molecule has 8 nitrogen and oxygen atoms in total. The maximum Gasteiger partial charge on any atom is 0.330 e. The molecule has 1 saturated heterocycles. The maximum absolute atomic E-state index is 13.1. The molecule has 43 heavy (non-hydrogen) atoms. The number of nitrogens with one attached hydrogen (secondary N) is 1. The standard InChI is InChI=1S/C33H56N2O6Si2/c1-30(2,3)25-17-15-14-16-23(25)20-39-21-24-19-35(29(37)34-28(24)36)27-18-33(38,42(10,11)31(4,5)6)26(41-27)22-40-43(12,13)32(7,8)9/h14-17,19,26-27,38H,18,20-22H2,1-13H3,(H,34,36,37)/t26-,27-,33-/m1/s1. The summed E-state index contributed by atoms with van der Waals surface area (Å²) in [4.78, 5) is 28.4. The number of aromatic amines is 1.